The molecule has 190 valence electrons. The van der Waals surface area contributed by atoms with Gasteiger partial charge in [0.05, 0.1) is 16.6 Å². The second-order valence-electron chi connectivity index (χ2n) is 9.93. The van der Waals surface area contributed by atoms with E-state index in [1.807, 2.05) is 30.3 Å². The fourth-order valence-electron chi connectivity index (χ4n) is 5.63. The van der Waals surface area contributed by atoms with Gasteiger partial charge in [0.15, 0.2) is 0 Å². The zero-order valence-corrected chi connectivity index (χ0v) is 20.1. The number of para-hydroxylation sites is 1. The molecule has 2 heterocycles. The molecule has 2 aromatic carbocycles. The van der Waals surface area contributed by atoms with E-state index in [0.717, 1.165) is 79.3 Å². The molecule has 2 aliphatic rings. The number of ether oxygens (including phenoxy) is 1. The van der Waals surface area contributed by atoms with Crippen LogP contribution in [0.1, 0.15) is 49.7 Å². The molecule has 1 N–H and O–H groups in total. The van der Waals surface area contributed by atoms with Crippen molar-refractivity contribution in [3.05, 3.63) is 65.9 Å². The highest BCUT2D eigenvalue weighted by atomic mass is 19.4. The summed E-state index contributed by atoms with van der Waals surface area (Å²) in [7, 11) is 0. The predicted octanol–water partition coefficient (Wildman–Crippen LogP) is 6.47. The van der Waals surface area contributed by atoms with Crippen molar-refractivity contribution in [2.24, 2.45) is 5.41 Å². The molecule has 1 saturated carbocycles. The van der Waals surface area contributed by atoms with Crippen molar-refractivity contribution in [1.82, 2.24) is 9.88 Å². The molecule has 0 saturated heterocycles. The molecular weight excluding hydrogens is 467 g/mol. The van der Waals surface area contributed by atoms with Gasteiger partial charge in [-0.05, 0) is 67.6 Å². The van der Waals surface area contributed by atoms with Gasteiger partial charge in [-0.3, -0.25) is 14.7 Å². The standard InChI is InChI=1S/C28H30F3N3O2/c29-28(30,31)36-22-9-8-21-19-34(16-11-20(21)18-22)17-14-27(12-4-1-5-13-27)26(35)33-25-10-15-32-24-7-3-2-6-23(24)25/h2-3,6-10,15,18H,1,4-5,11-14,16-17,19H2,(H,32,33,35). The highest BCUT2D eigenvalue weighted by Crippen LogP contribution is 2.41. The van der Waals surface area contributed by atoms with E-state index in [-0.39, 0.29) is 11.7 Å². The predicted molar refractivity (Wildman–Crippen MR) is 133 cm³/mol. The summed E-state index contributed by atoms with van der Waals surface area (Å²) in [6, 6.07) is 14.2. The first-order valence-corrected chi connectivity index (χ1v) is 12.6. The molecule has 0 spiro atoms. The number of amides is 1. The van der Waals surface area contributed by atoms with Crippen molar-refractivity contribution in [2.75, 3.05) is 18.4 Å². The van der Waals surface area contributed by atoms with Gasteiger partial charge >= 0.3 is 6.36 Å². The van der Waals surface area contributed by atoms with Crippen LogP contribution >= 0.6 is 0 Å². The molecule has 0 atom stereocenters. The van der Waals surface area contributed by atoms with Gasteiger partial charge in [0, 0.05) is 24.7 Å². The van der Waals surface area contributed by atoms with Crippen LogP contribution in [0.15, 0.2) is 54.7 Å². The number of anilines is 1. The van der Waals surface area contributed by atoms with Crippen LogP contribution in [0, 0.1) is 5.41 Å². The number of hydrogen-bond donors (Lipinski definition) is 1. The summed E-state index contributed by atoms with van der Waals surface area (Å²) in [6.07, 6.45) is 3.40. The number of rotatable bonds is 6. The number of benzene rings is 2. The minimum atomic E-state index is -4.69. The lowest BCUT2D eigenvalue weighted by Crippen LogP contribution is -2.42. The molecule has 0 radical (unpaired) electrons. The van der Waals surface area contributed by atoms with Crippen molar-refractivity contribution in [3.63, 3.8) is 0 Å². The Balaban J connectivity index is 1.27. The summed E-state index contributed by atoms with van der Waals surface area (Å²) in [6.45, 7) is 2.17. The van der Waals surface area contributed by atoms with E-state index in [4.69, 9.17) is 0 Å². The van der Waals surface area contributed by atoms with E-state index >= 15 is 0 Å². The van der Waals surface area contributed by atoms with Gasteiger partial charge < -0.3 is 10.1 Å². The van der Waals surface area contributed by atoms with Crippen molar-refractivity contribution < 1.29 is 22.7 Å². The van der Waals surface area contributed by atoms with Gasteiger partial charge in [0.25, 0.3) is 0 Å². The Morgan fingerprint density at radius 1 is 1.06 bits per heavy atom. The summed E-state index contributed by atoms with van der Waals surface area (Å²) in [5.74, 6) is -0.0962. The summed E-state index contributed by atoms with van der Waals surface area (Å²) in [4.78, 5) is 20.4. The van der Waals surface area contributed by atoms with Crippen LogP contribution in [0.2, 0.25) is 0 Å². The fraction of sp³-hybridized carbons (Fsp3) is 0.429. The third-order valence-corrected chi connectivity index (χ3v) is 7.60. The average Bonchev–Trinajstić information content (AvgIpc) is 2.87. The first kappa shape index (κ1) is 24.6. The summed E-state index contributed by atoms with van der Waals surface area (Å²) < 4.78 is 41.8. The summed E-state index contributed by atoms with van der Waals surface area (Å²) >= 11 is 0. The maximum Gasteiger partial charge on any atom is 0.573 e. The van der Waals surface area contributed by atoms with Crippen LogP contribution in [0.3, 0.4) is 0 Å². The minimum Gasteiger partial charge on any atom is -0.406 e. The van der Waals surface area contributed by atoms with Crippen molar-refractivity contribution >= 4 is 22.5 Å². The number of nitrogens with one attached hydrogen (secondary N) is 1. The van der Waals surface area contributed by atoms with E-state index in [0.29, 0.717) is 13.0 Å². The third kappa shape index (κ3) is 5.48. The second kappa shape index (κ2) is 10.1. The SMILES string of the molecule is O=C(Nc1ccnc2ccccc12)C1(CCN2CCc3cc(OC(F)(F)F)ccc3C2)CCCCC1. The third-order valence-electron chi connectivity index (χ3n) is 7.60. The monoisotopic (exact) mass is 497 g/mol. The Kier molecular flexibility index (Phi) is 6.88. The zero-order valence-electron chi connectivity index (χ0n) is 20.1. The van der Waals surface area contributed by atoms with Crippen LogP contribution < -0.4 is 10.1 Å². The van der Waals surface area contributed by atoms with E-state index in [1.54, 1.807) is 12.3 Å². The van der Waals surface area contributed by atoms with Crippen molar-refractivity contribution in [2.45, 2.75) is 57.9 Å². The Labute approximate surface area is 208 Å². The van der Waals surface area contributed by atoms with Gasteiger partial charge in [-0.1, -0.05) is 43.5 Å². The number of aromatic nitrogens is 1. The Bertz CT molecular complexity index is 1230. The van der Waals surface area contributed by atoms with Crippen LogP contribution in [-0.2, 0) is 17.8 Å². The lowest BCUT2D eigenvalue weighted by molar-refractivity contribution is -0.274. The quantitative estimate of drug-likeness (QED) is 0.424. The number of fused-ring (bicyclic) bond motifs is 2. The summed E-state index contributed by atoms with van der Waals surface area (Å²) in [5.41, 5.74) is 3.12. The maximum absolute atomic E-state index is 13.7. The Hall–Kier alpha value is -3.13. The molecule has 36 heavy (non-hydrogen) atoms. The smallest absolute Gasteiger partial charge is 0.406 e. The molecule has 1 aromatic heterocycles. The van der Waals surface area contributed by atoms with Gasteiger partial charge in [0.2, 0.25) is 5.91 Å². The first-order valence-electron chi connectivity index (χ1n) is 12.6. The Morgan fingerprint density at radius 3 is 2.67 bits per heavy atom. The van der Waals surface area contributed by atoms with Crippen LogP contribution in [0.25, 0.3) is 10.9 Å². The molecule has 1 aliphatic heterocycles. The number of halogens is 3. The topological polar surface area (TPSA) is 54.5 Å². The zero-order chi connectivity index (χ0) is 25.2. The van der Waals surface area contributed by atoms with E-state index in [1.165, 1.54) is 12.1 Å². The van der Waals surface area contributed by atoms with Gasteiger partial charge in [-0.25, -0.2) is 0 Å². The molecule has 5 nitrogen and oxygen atoms in total. The van der Waals surface area contributed by atoms with Crippen LogP contribution in [0.5, 0.6) is 5.75 Å². The Morgan fingerprint density at radius 2 is 1.86 bits per heavy atom. The van der Waals surface area contributed by atoms with Crippen LogP contribution in [-0.4, -0.2) is 35.2 Å². The average molecular weight is 498 g/mol. The number of alkyl halides is 3. The normalized spacial score (nSPS) is 18.0. The molecule has 3 aromatic rings. The molecule has 1 amide bonds. The largest absolute Gasteiger partial charge is 0.573 e. The van der Waals surface area contributed by atoms with Crippen molar-refractivity contribution in [3.8, 4) is 5.75 Å². The number of pyridine rings is 1. The highest BCUT2D eigenvalue weighted by Gasteiger charge is 2.40. The number of nitrogens with zero attached hydrogens (tertiary/aromatic N) is 2. The van der Waals surface area contributed by atoms with E-state index < -0.39 is 11.8 Å². The van der Waals surface area contributed by atoms with E-state index in [2.05, 4.69) is 19.9 Å². The highest BCUT2D eigenvalue weighted by molar-refractivity contribution is 6.03. The summed E-state index contributed by atoms with van der Waals surface area (Å²) in [5, 5.41) is 4.15. The lowest BCUT2D eigenvalue weighted by atomic mass is 9.71. The number of hydrogen-bond acceptors (Lipinski definition) is 4. The fourth-order valence-corrected chi connectivity index (χ4v) is 5.63. The van der Waals surface area contributed by atoms with Gasteiger partial charge in [0.1, 0.15) is 5.75 Å². The molecule has 8 heteroatoms. The van der Waals surface area contributed by atoms with Crippen LogP contribution in [0.4, 0.5) is 18.9 Å². The molecular formula is C28H30F3N3O2. The molecule has 0 unspecified atom stereocenters. The number of carbonyl (C=O) groups is 1. The molecule has 1 fully saturated rings. The molecule has 1 aliphatic carbocycles. The van der Waals surface area contributed by atoms with Gasteiger partial charge in [-0.2, -0.15) is 0 Å². The first-order chi connectivity index (χ1) is 17.3. The lowest BCUT2D eigenvalue weighted by Gasteiger charge is -2.38. The molecule has 0 bridgehead atoms. The number of carbonyl (C=O) groups excluding carboxylic acids is 1. The maximum atomic E-state index is 13.7. The van der Waals surface area contributed by atoms with Crippen molar-refractivity contribution in [1.29, 1.82) is 0 Å². The van der Waals surface area contributed by atoms with E-state index in [9.17, 15) is 18.0 Å². The second-order valence-corrected chi connectivity index (χ2v) is 9.93. The van der Waals surface area contributed by atoms with Gasteiger partial charge in [-0.15, -0.1) is 13.2 Å². The molecule has 5 rings (SSSR count). The minimum absolute atomic E-state index is 0.0740.